The highest BCUT2D eigenvalue weighted by Gasteiger charge is 2.73. The van der Waals surface area contributed by atoms with Gasteiger partial charge in [0.25, 0.3) is 0 Å². The number of oxazole rings is 1. The van der Waals surface area contributed by atoms with Crippen molar-refractivity contribution in [2.45, 2.75) is 94.6 Å². The number of fused-ring (bicyclic) bond motifs is 4. The average molecular weight is 567 g/mol. The molecule has 4 bridgehead atoms. The van der Waals surface area contributed by atoms with Crippen molar-refractivity contribution < 1.29 is 18.1 Å². The van der Waals surface area contributed by atoms with Crippen LogP contribution in [0, 0.1) is 17.8 Å². The number of nitrogens with zero attached hydrogens (tertiary/aromatic N) is 4. The SMILES string of the molecule is Cc1nc2cc(-c3cccc(N(CC45CCC(c6nc(C7CC7)no6)(CC4)CC5)C(=O)C45CC(F)(C4)C5)c3)ccc2o1. The number of carbonyl (C=O) groups is 1. The molecule has 0 saturated heterocycles. The zero-order valence-electron chi connectivity index (χ0n) is 24.0. The van der Waals surface area contributed by atoms with E-state index in [9.17, 15) is 9.18 Å². The van der Waals surface area contributed by atoms with Gasteiger partial charge in [-0.15, -0.1) is 0 Å². The fourth-order valence-electron chi connectivity index (χ4n) is 8.65. The standard InChI is InChI=1S/C34H35FN4O3/c1-21-36-26-16-24(7-8-27(26)41-21)23-3-2-4-25(15-23)39(30(40)33-17-34(35,18-33)19-33)20-31-9-12-32(13-10-31,14-11-31)29-37-28(38-42-29)22-5-6-22/h2-4,7-8,15-16,22H,5-6,9-14,17-20H2,1H3. The van der Waals surface area contributed by atoms with Gasteiger partial charge < -0.3 is 13.8 Å². The molecule has 7 aliphatic carbocycles. The molecule has 2 aromatic carbocycles. The second kappa shape index (κ2) is 8.29. The predicted octanol–water partition coefficient (Wildman–Crippen LogP) is 7.58. The summed E-state index contributed by atoms with van der Waals surface area (Å²) in [5.41, 5.74) is 2.91. The molecule has 42 heavy (non-hydrogen) atoms. The van der Waals surface area contributed by atoms with Gasteiger partial charge in [-0.05, 0) is 111 Å². The number of alkyl halides is 1. The number of aromatic nitrogens is 3. The molecule has 0 atom stereocenters. The summed E-state index contributed by atoms with van der Waals surface area (Å²) in [6, 6.07) is 14.3. The van der Waals surface area contributed by atoms with Crippen LogP contribution < -0.4 is 4.90 Å². The van der Waals surface area contributed by atoms with Crippen LogP contribution in [0.5, 0.6) is 0 Å². The van der Waals surface area contributed by atoms with Crippen molar-refractivity contribution in [2.75, 3.05) is 11.4 Å². The molecule has 7 saturated carbocycles. The van der Waals surface area contributed by atoms with Crippen molar-refractivity contribution in [2.24, 2.45) is 10.8 Å². The first kappa shape index (κ1) is 25.0. The van der Waals surface area contributed by atoms with Gasteiger partial charge >= 0.3 is 0 Å². The Morgan fingerprint density at radius 3 is 2.43 bits per heavy atom. The van der Waals surface area contributed by atoms with Crippen LogP contribution in [0.15, 0.2) is 51.4 Å². The van der Waals surface area contributed by atoms with E-state index in [0.29, 0.717) is 37.6 Å². The van der Waals surface area contributed by atoms with Gasteiger partial charge in [0.15, 0.2) is 17.3 Å². The van der Waals surface area contributed by atoms with Gasteiger partial charge in [-0.2, -0.15) is 4.98 Å². The van der Waals surface area contributed by atoms with Gasteiger partial charge in [0.1, 0.15) is 11.2 Å². The number of rotatable bonds is 7. The maximum Gasteiger partial charge on any atom is 0.233 e. The number of hydrogen-bond acceptors (Lipinski definition) is 6. The van der Waals surface area contributed by atoms with E-state index in [-0.39, 0.29) is 16.7 Å². The lowest BCUT2D eigenvalue weighted by molar-refractivity contribution is -0.211. The van der Waals surface area contributed by atoms with E-state index in [1.807, 2.05) is 42.2 Å². The van der Waals surface area contributed by atoms with Crippen molar-refractivity contribution >= 4 is 22.7 Å². The average Bonchev–Trinajstić information content (AvgIpc) is 3.57. The van der Waals surface area contributed by atoms with Crippen LogP contribution in [0.1, 0.15) is 94.2 Å². The van der Waals surface area contributed by atoms with Crippen molar-refractivity contribution in [3.63, 3.8) is 0 Å². The lowest BCUT2D eigenvalue weighted by Gasteiger charge is -2.65. The summed E-state index contributed by atoms with van der Waals surface area (Å²) >= 11 is 0. The lowest BCUT2D eigenvalue weighted by atomic mass is 9.41. The van der Waals surface area contributed by atoms with Crippen LogP contribution in [-0.4, -0.2) is 33.2 Å². The number of halogens is 1. The van der Waals surface area contributed by atoms with E-state index in [2.05, 4.69) is 22.3 Å². The summed E-state index contributed by atoms with van der Waals surface area (Å²) in [6.07, 6.45) is 9.56. The van der Waals surface area contributed by atoms with Crippen LogP contribution >= 0.6 is 0 Å². The smallest absolute Gasteiger partial charge is 0.233 e. The Kier molecular flexibility index (Phi) is 4.94. The monoisotopic (exact) mass is 566 g/mol. The number of carbonyl (C=O) groups excluding carboxylic acids is 1. The summed E-state index contributed by atoms with van der Waals surface area (Å²) in [7, 11) is 0. The lowest BCUT2D eigenvalue weighted by Crippen LogP contribution is -2.71. The zero-order valence-corrected chi connectivity index (χ0v) is 24.0. The first-order valence-electron chi connectivity index (χ1n) is 15.6. The van der Waals surface area contributed by atoms with Gasteiger partial charge in [-0.1, -0.05) is 23.4 Å². The molecule has 8 heteroatoms. The Balaban J connectivity index is 1.02. The van der Waals surface area contributed by atoms with E-state index in [1.54, 1.807) is 0 Å². The second-order valence-electron chi connectivity index (χ2n) is 14.3. The molecule has 11 rings (SSSR count). The van der Waals surface area contributed by atoms with Crippen LogP contribution in [-0.2, 0) is 10.2 Å². The van der Waals surface area contributed by atoms with Crippen molar-refractivity contribution in [1.82, 2.24) is 15.1 Å². The zero-order chi connectivity index (χ0) is 28.3. The normalized spacial score (nSPS) is 32.9. The van der Waals surface area contributed by atoms with Crippen LogP contribution in [0.2, 0.25) is 0 Å². The molecule has 0 N–H and O–H groups in total. The third kappa shape index (κ3) is 3.69. The molecule has 0 unspecified atom stereocenters. The number of benzene rings is 2. The third-order valence-corrected chi connectivity index (χ3v) is 11.4. The minimum absolute atomic E-state index is 0.0246. The fraction of sp³-hybridized carbons (Fsp3) is 0.529. The van der Waals surface area contributed by atoms with E-state index in [0.717, 1.165) is 78.2 Å². The molecule has 7 nitrogen and oxygen atoms in total. The maximum atomic E-state index is 14.6. The van der Waals surface area contributed by atoms with E-state index in [1.165, 1.54) is 12.8 Å². The highest BCUT2D eigenvalue weighted by atomic mass is 19.1. The molecule has 2 heterocycles. The van der Waals surface area contributed by atoms with Gasteiger partial charge in [-0.3, -0.25) is 4.79 Å². The molecule has 216 valence electrons. The molecular weight excluding hydrogens is 531 g/mol. The fourth-order valence-corrected chi connectivity index (χ4v) is 8.65. The predicted molar refractivity (Wildman–Crippen MR) is 155 cm³/mol. The van der Waals surface area contributed by atoms with E-state index in [4.69, 9.17) is 13.9 Å². The molecule has 0 radical (unpaired) electrons. The molecule has 7 aliphatic rings. The van der Waals surface area contributed by atoms with Gasteiger partial charge in [0.05, 0.1) is 5.41 Å². The molecule has 2 aromatic heterocycles. The van der Waals surface area contributed by atoms with Gasteiger partial charge in [0, 0.05) is 30.5 Å². The number of amides is 1. The molecule has 0 aliphatic heterocycles. The van der Waals surface area contributed by atoms with Gasteiger partial charge in [-0.25, -0.2) is 9.37 Å². The van der Waals surface area contributed by atoms with Crippen LogP contribution in [0.3, 0.4) is 0 Å². The summed E-state index contributed by atoms with van der Waals surface area (Å²) in [4.78, 5) is 25.6. The quantitative estimate of drug-likeness (QED) is 0.229. The summed E-state index contributed by atoms with van der Waals surface area (Å²) in [6.45, 7) is 2.52. The van der Waals surface area contributed by atoms with Crippen molar-refractivity contribution in [3.05, 3.63) is 60.1 Å². The summed E-state index contributed by atoms with van der Waals surface area (Å²) in [5, 5.41) is 4.32. The highest BCUT2D eigenvalue weighted by Crippen LogP contribution is 2.70. The topological polar surface area (TPSA) is 85.3 Å². The summed E-state index contributed by atoms with van der Waals surface area (Å²) in [5.74, 6) is 2.95. The Labute approximate surface area is 243 Å². The minimum atomic E-state index is -1.12. The first-order valence-corrected chi connectivity index (χ1v) is 15.6. The van der Waals surface area contributed by atoms with E-state index >= 15 is 0 Å². The Bertz CT molecular complexity index is 1710. The number of hydrogen-bond donors (Lipinski definition) is 0. The summed E-state index contributed by atoms with van der Waals surface area (Å²) < 4.78 is 26.1. The Morgan fingerprint density at radius 2 is 1.71 bits per heavy atom. The third-order valence-electron chi connectivity index (χ3n) is 11.4. The first-order chi connectivity index (χ1) is 20.3. The van der Waals surface area contributed by atoms with E-state index < -0.39 is 11.1 Å². The van der Waals surface area contributed by atoms with Crippen LogP contribution in [0.25, 0.3) is 22.2 Å². The molecule has 0 spiro atoms. The minimum Gasteiger partial charge on any atom is -0.441 e. The molecule has 1 amide bonds. The van der Waals surface area contributed by atoms with Crippen molar-refractivity contribution in [1.29, 1.82) is 0 Å². The highest BCUT2D eigenvalue weighted by molar-refractivity contribution is 6.00. The molecule has 4 aromatic rings. The Hall–Kier alpha value is -3.55. The number of aryl methyl sites for hydroxylation is 1. The second-order valence-corrected chi connectivity index (χ2v) is 14.3. The van der Waals surface area contributed by atoms with Crippen LogP contribution in [0.4, 0.5) is 10.1 Å². The molecule has 7 fully saturated rings. The van der Waals surface area contributed by atoms with Gasteiger partial charge in [0.2, 0.25) is 11.8 Å². The Morgan fingerprint density at radius 1 is 0.976 bits per heavy atom. The molecular formula is C34H35FN4O3. The number of anilines is 1. The maximum absolute atomic E-state index is 14.6. The largest absolute Gasteiger partial charge is 0.441 e. The van der Waals surface area contributed by atoms with Crippen molar-refractivity contribution in [3.8, 4) is 11.1 Å².